The summed E-state index contributed by atoms with van der Waals surface area (Å²) in [6.07, 6.45) is 6.86. The normalized spacial score (nSPS) is 30.8. The van der Waals surface area contributed by atoms with E-state index in [2.05, 4.69) is 15.6 Å². The van der Waals surface area contributed by atoms with Gasteiger partial charge in [-0.15, -0.1) is 0 Å². The highest BCUT2D eigenvalue weighted by Gasteiger charge is 2.57. The molecule has 0 unspecified atom stereocenters. The van der Waals surface area contributed by atoms with Gasteiger partial charge in [-0.2, -0.15) is 0 Å². The van der Waals surface area contributed by atoms with E-state index in [1.807, 2.05) is 37.3 Å². The summed E-state index contributed by atoms with van der Waals surface area (Å²) in [4.78, 5) is 29.8. The van der Waals surface area contributed by atoms with Gasteiger partial charge in [0.2, 0.25) is 5.91 Å². The predicted octanol–water partition coefficient (Wildman–Crippen LogP) is 3.21. The molecule has 3 fully saturated rings. The molecule has 2 aromatic rings. The summed E-state index contributed by atoms with van der Waals surface area (Å²) in [6, 6.07) is 11.2. The van der Waals surface area contributed by atoms with E-state index >= 15 is 0 Å². The van der Waals surface area contributed by atoms with E-state index in [1.165, 1.54) is 0 Å². The predicted molar refractivity (Wildman–Crippen MR) is 107 cm³/mol. The highest BCUT2D eigenvalue weighted by molar-refractivity contribution is 5.98. The second-order valence-corrected chi connectivity index (χ2v) is 8.53. The average molecular weight is 391 g/mol. The smallest absolute Gasteiger partial charge is 0.258 e. The quantitative estimate of drug-likeness (QED) is 0.842. The Kier molecular flexibility index (Phi) is 4.30. The molecule has 1 aromatic carbocycles. The number of carbonyl (C=O) groups is 2. The zero-order chi connectivity index (χ0) is 20.0. The van der Waals surface area contributed by atoms with Crippen molar-refractivity contribution < 1.29 is 14.3 Å². The van der Waals surface area contributed by atoms with Crippen LogP contribution in [0.15, 0.2) is 48.8 Å². The van der Waals surface area contributed by atoms with E-state index in [4.69, 9.17) is 4.74 Å². The fourth-order valence-electron chi connectivity index (χ4n) is 5.34. The minimum absolute atomic E-state index is 0.0404. The molecule has 150 valence electrons. The molecule has 2 N–H and O–H groups in total. The molecule has 6 heteroatoms. The molecule has 0 saturated heterocycles. The van der Waals surface area contributed by atoms with E-state index in [0.717, 1.165) is 24.8 Å². The van der Waals surface area contributed by atoms with Crippen LogP contribution in [0.1, 0.15) is 54.6 Å². The van der Waals surface area contributed by atoms with Gasteiger partial charge in [-0.05, 0) is 61.9 Å². The van der Waals surface area contributed by atoms with Gasteiger partial charge in [-0.3, -0.25) is 14.6 Å². The Bertz CT molecular complexity index is 947. The zero-order valence-electron chi connectivity index (χ0n) is 16.4. The second kappa shape index (κ2) is 6.87. The molecular formula is C23H25N3O3. The Morgan fingerprint density at radius 3 is 2.79 bits per heavy atom. The van der Waals surface area contributed by atoms with Gasteiger partial charge in [0.1, 0.15) is 5.75 Å². The minimum atomic E-state index is -0.679. The maximum absolute atomic E-state index is 13.1. The lowest BCUT2D eigenvalue weighted by molar-refractivity contribution is -0.147. The molecule has 1 aromatic heterocycles. The maximum atomic E-state index is 13.1. The van der Waals surface area contributed by atoms with Crippen molar-refractivity contribution in [1.82, 2.24) is 15.6 Å². The molecule has 2 amide bonds. The number of ether oxygens (including phenoxy) is 1. The molecule has 0 radical (unpaired) electrons. The fraction of sp³-hybridized carbons (Fsp3) is 0.435. The number of carbonyl (C=O) groups excluding carboxylic acids is 2. The molecule has 3 aliphatic carbocycles. The van der Waals surface area contributed by atoms with Gasteiger partial charge in [0.25, 0.3) is 5.91 Å². The first-order valence-electron chi connectivity index (χ1n) is 10.4. The van der Waals surface area contributed by atoms with Crippen LogP contribution < -0.4 is 15.4 Å². The summed E-state index contributed by atoms with van der Waals surface area (Å²) in [5.74, 6) is 0.970. The summed E-state index contributed by atoms with van der Waals surface area (Å²) in [6.45, 7) is 2.00. The molecule has 2 bridgehead atoms. The summed E-state index contributed by atoms with van der Waals surface area (Å²) in [5.41, 5.74) is 0.951. The highest BCUT2D eigenvalue weighted by Crippen LogP contribution is 2.52. The average Bonchev–Trinajstić information content (AvgIpc) is 2.74. The third kappa shape index (κ3) is 3.07. The van der Waals surface area contributed by atoms with Crippen LogP contribution >= 0.6 is 0 Å². The van der Waals surface area contributed by atoms with Crippen molar-refractivity contribution >= 4 is 11.8 Å². The molecule has 5 atom stereocenters. The van der Waals surface area contributed by atoms with Crippen molar-refractivity contribution in [3.8, 4) is 5.75 Å². The number of hydrogen-bond donors (Lipinski definition) is 2. The number of pyridine rings is 1. The zero-order valence-corrected chi connectivity index (χ0v) is 16.4. The molecular weight excluding hydrogens is 366 g/mol. The van der Waals surface area contributed by atoms with Crippen LogP contribution in [0, 0.1) is 17.8 Å². The van der Waals surface area contributed by atoms with E-state index in [1.54, 1.807) is 18.5 Å². The molecule has 6 rings (SSSR count). The van der Waals surface area contributed by atoms with Crippen molar-refractivity contribution in [2.24, 2.45) is 17.8 Å². The molecule has 1 aliphatic heterocycles. The van der Waals surface area contributed by atoms with Crippen molar-refractivity contribution in [1.29, 1.82) is 0 Å². The van der Waals surface area contributed by atoms with Gasteiger partial charge in [0.05, 0.1) is 11.6 Å². The number of benzene rings is 1. The standard InChI is InChI=1S/C23H25N3O3/c1-14(15-8-10-24-11-9-15)25-21(27)19-12-17-7-6-16(19)13-23(17)26-22(28)18-4-2-3-5-20(18)29-23/h2-5,8-11,14,16-17,19H,6-7,12-13H2,1H3,(H,25,27)(H,26,28)/t14-,16-,17+,19-,23-/m0/s1. The molecule has 1 spiro atoms. The first kappa shape index (κ1) is 18.2. The highest BCUT2D eigenvalue weighted by atomic mass is 16.5. The number of fused-ring (bicyclic) bond motifs is 3. The Balaban J connectivity index is 1.32. The van der Waals surface area contributed by atoms with Crippen LogP contribution in [0.2, 0.25) is 0 Å². The number of rotatable bonds is 3. The van der Waals surface area contributed by atoms with E-state index in [-0.39, 0.29) is 35.6 Å². The first-order valence-corrected chi connectivity index (χ1v) is 10.4. The first-order chi connectivity index (χ1) is 14.1. The van der Waals surface area contributed by atoms with Crippen molar-refractivity contribution in [2.75, 3.05) is 0 Å². The lowest BCUT2D eigenvalue weighted by Crippen LogP contribution is -2.66. The van der Waals surface area contributed by atoms with E-state index < -0.39 is 5.72 Å². The van der Waals surface area contributed by atoms with Crippen LogP contribution in [0.25, 0.3) is 0 Å². The summed E-state index contributed by atoms with van der Waals surface area (Å²) in [7, 11) is 0. The van der Waals surface area contributed by atoms with Gasteiger partial charge in [0, 0.05) is 30.7 Å². The summed E-state index contributed by atoms with van der Waals surface area (Å²) in [5, 5.41) is 6.32. The number of nitrogens with one attached hydrogen (secondary N) is 2. The molecule has 29 heavy (non-hydrogen) atoms. The largest absolute Gasteiger partial charge is 0.467 e. The van der Waals surface area contributed by atoms with Crippen molar-refractivity contribution in [2.45, 2.75) is 44.4 Å². The number of para-hydroxylation sites is 1. The Hall–Kier alpha value is -2.89. The van der Waals surface area contributed by atoms with Crippen LogP contribution in [0.4, 0.5) is 0 Å². The van der Waals surface area contributed by atoms with Gasteiger partial charge >= 0.3 is 0 Å². The maximum Gasteiger partial charge on any atom is 0.258 e. The topological polar surface area (TPSA) is 80.3 Å². The lowest BCUT2D eigenvalue weighted by Gasteiger charge is -2.55. The van der Waals surface area contributed by atoms with Gasteiger partial charge in [-0.1, -0.05) is 12.1 Å². The SMILES string of the molecule is C[C@H](NC(=O)[C@H]1C[C@H]2CC[C@H]1C[C@@]21NC(=O)c2ccccc2O1)c1ccncc1. The molecule has 4 aliphatic rings. The lowest BCUT2D eigenvalue weighted by atomic mass is 9.60. The second-order valence-electron chi connectivity index (χ2n) is 8.53. The number of hydrogen-bond acceptors (Lipinski definition) is 4. The number of amides is 2. The Labute approximate surface area is 170 Å². The Morgan fingerprint density at radius 2 is 2.03 bits per heavy atom. The van der Waals surface area contributed by atoms with Gasteiger partial charge in [0.15, 0.2) is 5.72 Å². The fourth-order valence-corrected chi connectivity index (χ4v) is 5.34. The van der Waals surface area contributed by atoms with Crippen LogP contribution in [0.3, 0.4) is 0 Å². The van der Waals surface area contributed by atoms with Gasteiger partial charge < -0.3 is 15.4 Å². The molecule has 6 nitrogen and oxygen atoms in total. The van der Waals surface area contributed by atoms with Crippen LogP contribution in [0.5, 0.6) is 5.75 Å². The van der Waals surface area contributed by atoms with E-state index in [9.17, 15) is 9.59 Å². The summed E-state index contributed by atoms with van der Waals surface area (Å²) >= 11 is 0. The minimum Gasteiger partial charge on any atom is -0.467 e. The van der Waals surface area contributed by atoms with Crippen molar-refractivity contribution in [3.63, 3.8) is 0 Å². The Morgan fingerprint density at radius 1 is 1.24 bits per heavy atom. The third-order valence-electron chi connectivity index (χ3n) is 6.87. The van der Waals surface area contributed by atoms with E-state index in [0.29, 0.717) is 17.7 Å². The van der Waals surface area contributed by atoms with Crippen molar-refractivity contribution in [3.05, 3.63) is 59.9 Å². The van der Waals surface area contributed by atoms with Crippen LogP contribution in [-0.4, -0.2) is 22.5 Å². The van der Waals surface area contributed by atoms with Crippen LogP contribution in [-0.2, 0) is 4.79 Å². The monoisotopic (exact) mass is 391 g/mol. The molecule has 2 heterocycles. The third-order valence-corrected chi connectivity index (χ3v) is 6.87. The van der Waals surface area contributed by atoms with Gasteiger partial charge in [-0.25, -0.2) is 0 Å². The summed E-state index contributed by atoms with van der Waals surface area (Å²) < 4.78 is 6.37. The number of nitrogens with zero attached hydrogens (tertiary/aromatic N) is 1. The molecule has 3 saturated carbocycles. The number of aromatic nitrogens is 1.